The molecule has 0 radical (unpaired) electrons. The van der Waals surface area contributed by atoms with Gasteiger partial charge in [-0.05, 0) is 49.3 Å². The molecular weight excluding hydrogens is 277 g/mol. The van der Waals surface area contributed by atoms with E-state index in [0.29, 0.717) is 17.5 Å². The summed E-state index contributed by atoms with van der Waals surface area (Å²) in [4.78, 5) is 0. The molecule has 1 aromatic rings. The predicted octanol–water partition coefficient (Wildman–Crippen LogP) is 4.81. The number of anilines is 1. The van der Waals surface area contributed by atoms with Crippen LogP contribution in [0.5, 0.6) is 0 Å². The van der Waals surface area contributed by atoms with Crippen LogP contribution in [-0.2, 0) is 6.18 Å². The molecule has 5 heteroatoms. The molecule has 2 atom stereocenters. The van der Waals surface area contributed by atoms with Gasteiger partial charge in [-0.1, -0.05) is 13.8 Å². The van der Waals surface area contributed by atoms with Gasteiger partial charge in [-0.2, -0.15) is 18.4 Å². The molecule has 0 spiro atoms. The quantitative estimate of drug-likeness (QED) is 0.849. The molecule has 114 valence electrons. The molecular formula is C16H19F3N2. The van der Waals surface area contributed by atoms with E-state index in [0.717, 1.165) is 18.9 Å². The number of nitriles is 1. The van der Waals surface area contributed by atoms with Crippen LogP contribution < -0.4 is 5.32 Å². The summed E-state index contributed by atoms with van der Waals surface area (Å²) in [6, 6.07) is 5.59. The van der Waals surface area contributed by atoms with Gasteiger partial charge >= 0.3 is 6.18 Å². The summed E-state index contributed by atoms with van der Waals surface area (Å²) in [7, 11) is 0. The fourth-order valence-corrected chi connectivity index (χ4v) is 3.27. The number of nitrogens with one attached hydrogen (secondary N) is 1. The fraction of sp³-hybridized carbons (Fsp3) is 0.562. The lowest BCUT2D eigenvalue weighted by Crippen LogP contribution is -2.30. The summed E-state index contributed by atoms with van der Waals surface area (Å²) in [6.07, 6.45) is -1.29. The third-order valence-electron chi connectivity index (χ3n) is 3.99. The zero-order chi connectivity index (χ0) is 15.6. The second-order valence-electron chi connectivity index (χ2n) is 6.13. The van der Waals surface area contributed by atoms with Crippen LogP contribution in [0.2, 0.25) is 0 Å². The van der Waals surface area contributed by atoms with E-state index in [1.165, 1.54) is 18.6 Å². The van der Waals surface area contributed by atoms with E-state index in [-0.39, 0.29) is 11.6 Å². The number of alkyl halides is 3. The second-order valence-corrected chi connectivity index (χ2v) is 6.13. The molecule has 0 heterocycles. The van der Waals surface area contributed by atoms with Crippen molar-refractivity contribution in [3.8, 4) is 6.07 Å². The van der Waals surface area contributed by atoms with Gasteiger partial charge in [0.1, 0.15) is 0 Å². The van der Waals surface area contributed by atoms with Crippen LogP contribution >= 0.6 is 0 Å². The van der Waals surface area contributed by atoms with Gasteiger partial charge in [0.05, 0.1) is 17.2 Å². The van der Waals surface area contributed by atoms with E-state index in [2.05, 4.69) is 19.2 Å². The number of nitrogens with zero attached hydrogens (tertiary/aromatic N) is 1. The minimum absolute atomic E-state index is 0.257. The lowest BCUT2D eigenvalue weighted by atomic mass is 9.80. The smallest absolute Gasteiger partial charge is 0.382 e. The third-order valence-corrected chi connectivity index (χ3v) is 3.99. The molecule has 1 fully saturated rings. The Morgan fingerprint density at radius 1 is 1.14 bits per heavy atom. The maximum absolute atomic E-state index is 12.8. The summed E-state index contributed by atoms with van der Waals surface area (Å²) >= 11 is 0. The zero-order valence-electron chi connectivity index (χ0n) is 12.2. The van der Waals surface area contributed by atoms with Crippen molar-refractivity contribution in [1.29, 1.82) is 5.26 Å². The summed E-state index contributed by atoms with van der Waals surface area (Å²) in [5.74, 6) is 1.22. The van der Waals surface area contributed by atoms with Gasteiger partial charge in [0.25, 0.3) is 0 Å². The third kappa shape index (κ3) is 3.90. The lowest BCUT2D eigenvalue weighted by molar-refractivity contribution is -0.137. The Balaban J connectivity index is 2.17. The molecule has 2 unspecified atom stereocenters. The molecule has 1 aliphatic carbocycles. The van der Waals surface area contributed by atoms with Crippen LogP contribution in [0.1, 0.15) is 44.2 Å². The Morgan fingerprint density at radius 2 is 1.76 bits per heavy atom. The van der Waals surface area contributed by atoms with E-state index in [1.54, 1.807) is 6.07 Å². The molecule has 0 bridgehead atoms. The Morgan fingerprint density at radius 3 is 2.29 bits per heavy atom. The normalized spacial score (nSPS) is 26.2. The average molecular weight is 296 g/mol. The molecule has 1 saturated carbocycles. The van der Waals surface area contributed by atoms with Crippen LogP contribution in [0.3, 0.4) is 0 Å². The highest BCUT2D eigenvalue weighted by molar-refractivity contribution is 5.54. The van der Waals surface area contributed by atoms with Gasteiger partial charge in [0.2, 0.25) is 0 Å². The number of halogens is 3. The van der Waals surface area contributed by atoms with Crippen molar-refractivity contribution < 1.29 is 13.2 Å². The number of hydrogen-bond donors (Lipinski definition) is 1. The van der Waals surface area contributed by atoms with Gasteiger partial charge in [-0.15, -0.1) is 0 Å². The standard InChI is InChI=1S/C16H19F3N2/c1-10-5-11(2)7-14(6-10)21-13-3-4-15(16(17,18)19)12(8-13)9-20/h3-4,8,10-11,14,21H,5-7H2,1-2H3. The van der Waals surface area contributed by atoms with Gasteiger partial charge in [0.15, 0.2) is 0 Å². The zero-order valence-corrected chi connectivity index (χ0v) is 12.2. The van der Waals surface area contributed by atoms with Crippen molar-refractivity contribution in [3.05, 3.63) is 29.3 Å². The van der Waals surface area contributed by atoms with E-state index in [9.17, 15) is 13.2 Å². The molecule has 0 aromatic heterocycles. The van der Waals surface area contributed by atoms with Crippen molar-refractivity contribution in [2.24, 2.45) is 11.8 Å². The van der Waals surface area contributed by atoms with Crippen molar-refractivity contribution >= 4 is 5.69 Å². The first-order valence-corrected chi connectivity index (χ1v) is 7.17. The molecule has 0 amide bonds. The minimum Gasteiger partial charge on any atom is -0.382 e. The summed E-state index contributed by atoms with van der Waals surface area (Å²) in [5, 5.41) is 12.2. The van der Waals surface area contributed by atoms with Crippen LogP contribution in [0.4, 0.5) is 18.9 Å². The van der Waals surface area contributed by atoms with Crippen molar-refractivity contribution in [1.82, 2.24) is 0 Å². The number of rotatable bonds is 2. The summed E-state index contributed by atoms with van der Waals surface area (Å²) < 4.78 is 38.3. The Bertz CT molecular complexity index is 535. The highest BCUT2D eigenvalue weighted by atomic mass is 19.4. The first kappa shape index (κ1) is 15.7. The molecule has 0 saturated heterocycles. The second kappa shape index (κ2) is 5.97. The Labute approximate surface area is 123 Å². The van der Waals surface area contributed by atoms with Gasteiger partial charge in [0, 0.05) is 11.7 Å². The molecule has 1 N–H and O–H groups in total. The average Bonchev–Trinajstić information content (AvgIpc) is 2.36. The largest absolute Gasteiger partial charge is 0.417 e. The SMILES string of the molecule is CC1CC(C)CC(Nc2ccc(C(F)(F)F)c(C#N)c2)C1. The molecule has 21 heavy (non-hydrogen) atoms. The lowest BCUT2D eigenvalue weighted by Gasteiger charge is -2.32. The highest BCUT2D eigenvalue weighted by Gasteiger charge is 2.33. The van der Waals surface area contributed by atoms with Gasteiger partial charge < -0.3 is 5.32 Å². The number of benzene rings is 1. The van der Waals surface area contributed by atoms with Crippen LogP contribution in [0.15, 0.2) is 18.2 Å². The fourth-order valence-electron chi connectivity index (χ4n) is 3.27. The number of hydrogen-bond acceptors (Lipinski definition) is 2. The predicted molar refractivity (Wildman–Crippen MR) is 75.7 cm³/mol. The summed E-state index contributed by atoms with van der Waals surface area (Å²) in [5.41, 5.74) is -0.615. The Kier molecular flexibility index (Phi) is 4.46. The first-order chi connectivity index (χ1) is 9.79. The topological polar surface area (TPSA) is 35.8 Å². The molecule has 1 aromatic carbocycles. The van der Waals surface area contributed by atoms with E-state index >= 15 is 0 Å². The van der Waals surface area contributed by atoms with Gasteiger partial charge in [-0.25, -0.2) is 0 Å². The molecule has 0 aliphatic heterocycles. The van der Waals surface area contributed by atoms with Crippen LogP contribution in [0.25, 0.3) is 0 Å². The Hall–Kier alpha value is -1.70. The molecule has 2 rings (SSSR count). The highest BCUT2D eigenvalue weighted by Crippen LogP contribution is 2.34. The van der Waals surface area contributed by atoms with E-state index in [4.69, 9.17) is 5.26 Å². The van der Waals surface area contributed by atoms with Crippen molar-refractivity contribution in [2.75, 3.05) is 5.32 Å². The summed E-state index contributed by atoms with van der Waals surface area (Å²) in [6.45, 7) is 4.38. The van der Waals surface area contributed by atoms with Crippen molar-refractivity contribution in [2.45, 2.75) is 45.3 Å². The maximum Gasteiger partial charge on any atom is 0.417 e. The molecule has 2 nitrogen and oxygen atoms in total. The van der Waals surface area contributed by atoms with Crippen LogP contribution in [-0.4, -0.2) is 6.04 Å². The van der Waals surface area contributed by atoms with Crippen molar-refractivity contribution in [3.63, 3.8) is 0 Å². The maximum atomic E-state index is 12.8. The first-order valence-electron chi connectivity index (χ1n) is 7.17. The van der Waals surface area contributed by atoms with Crippen LogP contribution in [0, 0.1) is 23.2 Å². The van der Waals surface area contributed by atoms with E-state index < -0.39 is 11.7 Å². The van der Waals surface area contributed by atoms with Gasteiger partial charge in [-0.3, -0.25) is 0 Å². The monoisotopic (exact) mass is 296 g/mol. The molecule has 1 aliphatic rings. The minimum atomic E-state index is -4.49. The van der Waals surface area contributed by atoms with E-state index in [1.807, 2.05) is 0 Å².